The summed E-state index contributed by atoms with van der Waals surface area (Å²) in [6.45, 7) is 6.67. The minimum absolute atomic E-state index is 0. The van der Waals surface area contributed by atoms with Gasteiger partial charge in [0.05, 0.1) is 6.04 Å². The Bertz CT molecular complexity index is 468. The van der Waals surface area contributed by atoms with Crippen molar-refractivity contribution < 1.29 is 0 Å². The fraction of sp³-hybridized carbons (Fsp3) is 0.333. The van der Waals surface area contributed by atoms with Crippen molar-refractivity contribution in [3.05, 3.63) is 57.8 Å². The average Bonchev–Trinajstić information content (AvgIpc) is 2.80. The Morgan fingerprint density at radius 2 is 1.61 bits per heavy atom. The van der Waals surface area contributed by atoms with Gasteiger partial charge in [-0.05, 0) is 38.9 Å². The summed E-state index contributed by atoms with van der Waals surface area (Å²) in [6.07, 6.45) is 0. The number of hydrogen-bond acceptors (Lipinski definition) is 2. The lowest BCUT2D eigenvalue weighted by Crippen LogP contribution is -2.13. The summed E-state index contributed by atoms with van der Waals surface area (Å²) >= 11 is 1.69. The van der Waals surface area contributed by atoms with Crippen LogP contribution in [0, 0.1) is 0 Å². The predicted molar refractivity (Wildman–Crippen MR) is 82.7 cm³/mol. The third kappa shape index (κ3) is 3.35. The molecule has 0 saturated carbocycles. The van der Waals surface area contributed by atoms with Crippen molar-refractivity contribution in [3.63, 3.8) is 0 Å². The third-order valence-electron chi connectivity index (χ3n) is 3.04. The molecular weight excluding hydrogens is 262 g/mol. The third-order valence-corrected chi connectivity index (χ3v) is 3.74. The summed E-state index contributed by atoms with van der Waals surface area (Å²) in [4.78, 5) is 0. The molecule has 2 aromatic rings. The smallest absolute Gasteiger partial charge is 0.0559 e. The molecule has 0 bridgehead atoms. The molecule has 0 amide bonds. The number of thiophene rings is 1. The topological polar surface area (TPSA) is 26.0 Å². The lowest BCUT2D eigenvalue weighted by atomic mass is 9.86. The first-order chi connectivity index (χ1) is 7.98. The zero-order valence-electron chi connectivity index (χ0n) is 11.0. The van der Waals surface area contributed by atoms with Crippen molar-refractivity contribution in [1.82, 2.24) is 0 Å². The van der Waals surface area contributed by atoms with Crippen LogP contribution in [0.2, 0.25) is 0 Å². The molecule has 98 valence electrons. The number of halogens is 1. The van der Waals surface area contributed by atoms with E-state index < -0.39 is 0 Å². The van der Waals surface area contributed by atoms with Crippen molar-refractivity contribution in [3.8, 4) is 0 Å². The van der Waals surface area contributed by atoms with Gasteiger partial charge in [0, 0.05) is 0 Å². The fourth-order valence-electron chi connectivity index (χ4n) is 1.83. The van der Waals surface area contributed by atoms with E-state index in [4.69, 9.17) is 5.73 Å². The van der Waals surface area contributed by atoms with Crippen LogP contribution in [-0.4, -0.2) is 0 Å². The minimum Gasteiger partial charge on any atom is -0.320 e. The molecule has 1 nitrogen and oxygen atoms in total. The Labute approximate surface area is 119 Å². The summed E-state index contributed by atoms with van der Waals surface area (Å²) in [7, 11) is 0. The minimum atomic E-state index is -0.00438. The lowest BCUT2D eigenvalue weighted by molar-refractivity contribution is 0.589. The van der Waals surface area contributed by atoms with E-state index in [-0.39, 0.29) is 23.9 Å². The van der Waals surface area contributed by atoms with Gasteiger partial charge in [0.1, 0.15) is 0 Å². The van der Waals surface area contributed by atoms with E-state index in [0.717, 1.165) is 0 Å². The molecule has 1 heterocycles. The quantitative estimate of drug-likeness (QED) is 0.861. The maximum Gasteiger partial charge on any atom is 0.0559 e. The highest BCUT2D eigenvalue weighted by atomic mass is 35.5. The van der Waals surface area contributed by atoms with Crippen molar-refractivity contribution >= 4 is 23.7 Å². The normalized spacial score (nSPS) is 12.9. The molecule has 0 aliphatic rings. The number of benzene rings is 1. The maximum absolute atomic E-state index is 6.23. The van der Waals surface area contributed by atoms with Crippen LogP contribution in [-0.2, 0) is 5.41 Å². The highest BCUT2D eigenvalue weighted by Gasteiger charge is 2.14. The Morgan fingerprint density at radius 3 is 2.06 bits per heavy atom. The molecule has 1 aromatic carbocycles. The molecule has 2 N–H and O–H groups in total. The van der Waals surface area contributed by atoms with Gasteiger partial charge in [-0.25, -0.2) is 0 Å². The van der Waals surface area contributed by atoms with E-state index in [0.29, 0.717) is 0 Å². The van der Waals surface area contributed by atoms with Crippen molar-refractivity contribution in [2.75, 3.05) is 0 Å². The van der Waals surface area contributed by atoms with Gasteiger partial charge in [-0.2, -0.15) is 11.3 Å². The highest BCUT2D eigenvalue weighted by molar-refractivity contribution is 7.08. The van der Waals surface area contributed by atoms with Gasteiger partial charge < -0.3 is 5.73 Å². The maximum atomic E-state index is 6.23. The Balaban J connectivity index is 0.00000162. The SMILES string of the molecule is CC(C)(C)c1ccc([C@@H](N)c2ccsc2)cc1.Cl. The molecule has 0 aliphatic carbocycles. The fourth-order valence-corrected chi connectivity index (χ4v) is 2.53. The van der Waals surface area contributed by atoms with Gasteiger partial charge in [-0.15, -0.1) is 12.4 Å². The molecule has 0 saturated heterocycles. The molecule has 1 atom stereocenters. The van der Waals surface area contributed by atoms with E-state index in [1.807, 2.05) is 0 Å². The van der Waals surface area contributed by atoms with E-state index in [1.165, 1.54) is 16.7 Å². The molecule has 0 radical (unpaired) electrons. The van der Waals surface area contributed by atoms with Crippen LogP contribution < -0.4 is 5.73 Å². The second kappa shape index (κ2) is 5.87. The van der Waals surface area contributed by atoms with Crippen LogP contribution >= 0.6 is 23.7 Å². The zero-order valence-corrected chi connectivity index (χ0v) is 12.6. The van der Waals surface area contributed by atoms with E-state index in [9.17, 15) is 0 Å². The van der Waals surface area contributed by atoms with E-state index >= 15 is 0 Å². The monoisotopic (exact) mass is 281 g/mol. The van der Waals surface area contributed by atoms with Gasteiger partial charge in [0.2, 0.25) is 0 Å². The van der Waals surface area contributed by atoms with Gasteiger partial charge in [0.25, 0.3) is 0 Å². The van der Waals surface area contributed by atoms with Crippen LogP contribution in [0.4, 0.5) is 0 Å². The molecule has 0 spiro atoms. The van der Waals surface area contributed by atoms with Crippen molar-refractivity contribution in [1.29, 1.82) is 0 Å². The summed E-state index contributed by atoms with van der Waals surface area (Å²) in [5, 5.41) is 4.18. The van der Waals surface area contributed by atoms with Crippen LogP contribution in [0.15, 0.2) is 41.1 Å². The van der Waals surface area contributed by atoms with E-state index in [2.05, 4.69) is 61.9 Å². The molecule has 1 aromatic heterocycles. The summed E-state index contributed by atoms with van der Waals surface area (Å²) in [6, 6.07) is 10.7. The molecule has 0 aliphatic heterocycles. The molecule has 18 heavy (non-hydrogen) atoms. The molecular formula is C15H20ClNS. The first-order valence-corrected chi connectivity index (χ1v) is 6.81. The zero-order chi connectivity index (χ0) is 12.5. The van der Waals surface area contributed by atoms with Gasteiger partial charge in [-0.1, -0.05) is 45.0 Å². The summed E-state index contributed by atoms with van der Waals surface area (Å²) < 4.78 is 0. The Morgan fingerprint density at radius 1 is 1.00 bits per heavy atom. The van der Waals surface area contributed by atoms with Gasteiger partial charge >= 0.3 is 0 Å². The Hall–Kier alpha value is -0.830. The largest absolute Gasteiger partial charge is 0.320 e. The average molecular weight is 282 g/mol. The molecule has 3 heteroatoms. The van der Waals surface area contributed by atoms with Crippen molar-refractivity contribution in [2.45, 2.75) is 32.2 Å². The van der Waals surface area contributed by atoms with Crippen LogP contribution in [0.3, 0.4) is 0 Å². The van der Waals surface area contributed by atoms with Crippen LogP contribution in [0.5, 0.6) is 0 Å². The first kappa shape index (κ1) is 15.2. The van der Waals surface area contributed by atoms with Crippen molar-refractivity contribution in [2.24, 2.45) is 5.73 Å². The van der Waals surface area contributed by atoms with Gasteiger partial charge in [0.15, 0.2) is 0 Å². The number of rotatable bonds is 2. The van der Waals surface area contributed by atoms with Crippen LogP contribution in [0.25, 0.3) is 0 Å². The second-order valence-electron chi connectivity index (χ2n) is 5.41. The molecule has 0 fully saturated rings. The Kier molecular flexibility index (Phi) is 4.97. The standard InChI is InChI=1S/C15H19NS.ClH/c1-15(2,3)13-6-4-11(5-7-13)14(16)12-8-9-17-10-12;/h4-10,14H,16H2,1-3H3;1H/t14-;/m1./s1. The second-order valence-corrected chi connectivity index (χ2v) is 6.19. The van der Waals surface area contributed by atoms with Gasteiger partial charge in [-0.3, -0.25) is 0 Å². The summed E-state index contributed by atoms with van der Waals surface area (Å²) in [5.41, 5.74) is 10.1. The molecule has 0 unspecified atom stereocenters. The number of hydrogen-bond donors (Lipinski definition) is 1. The lowest BCUT2D eigenvalue weighted by Gasteiger charge is -2.20. The highest BCUT2D eigenvalue weighted by Crippen LogP contribution is 2.26. The van der Waals surface area contributed by atoms with Crippen LogP contribution in [0.1, 0.15) is 43.5 Å². The van der Waals surface area contributed by atoms with E-state index in [1.54, 1.807) is 11.3 Å². The first-order valence-electron chi connectivity index (χ1n) is 5.86. The number of nitrogens with two attached hydrogens (primary N) is 1. The predicted octanol–water partition coefficient (Wildman–Crippen LogP) is 4.52. The summed E-state index contributed by atoms with van der Waals surface area (Å²) in [5.74, 6) is 0. The molecule has 2 rings (SSSR count).